The monoisotopic (exact) mass is 1580 g/mol. The third-order valence-electron chi connectivity index (χ3n) is 20.9. The lowest BCUT2D eigenvalue weighted by Crippen LogP contribution is -2.30. The van der Waals surface area contributed by atoms with Crippen LogP contribution in [0.5, 0.6) is 0 Å². The van der Waals surface area contributed by atoms with Crippen molar-refractivity contribution in [2.45, 2.75) is 491 Å². The number of phosphoric ester groups is 2. The minimum absolute atomic E-state index is 0.108. The Morgan fingerprint density at radius 2 is 0.426 bits per heavy atom. The molecule has 2 unspecified atom stereocenters. The Morgan fingerprint density at radius 1 is 0.250 bits per heavy atom. The van der Waals surface area contributed by atoms with E-state index >= 15 is 0 Å². The van der Waals surface area contributed by atoms with E-state index in [9.17, 15) is 43.2 Å². The molecule has 0 aliphatic carbocycles. The van der Waals surface area contributed by atoms with Crippen molar-refractivity contribution >= 4 is 39.5 Å². The Balaban J connectivity index is 5.26. The van der Waals surface area contributed by atoms with Crippen LogP contribution < -0.4 is 0 Å². The number of carbonyl (C=O) groups is 4. The summed E-state index contributed by atoms with van der Waals surface area (Å²) in [5.74, 6) is 0.326. The lowest BCUT2D eigenvalue weighted by atomic mass is 10.0. The molecule has 108 heavy (non-hydrogen) atoms. The van der Waals surface area contributed by atoms with Crippen LogP contribution in [0.1, 0.15) is 472 Å². The number of hydrogen-bond acceptors (Lipinski definition) is 15. The average molecular weight is 1580 g/mol. The van der Waals surface area contributed by atoms with E-state index in [1.54, 1.807) is 0 Å². The summed E-state index contributed by atoms with van der Waals surface area (Å²) in [5, 5.41) is 10.7. The van der Waals surface area contributed by atoms with Crippen molar-refractivity contribution in [1.29, 1.82) is 0 Å². The summed E-state index contributed by atoms with van der Waals surface area (Å²) >= 11 is 0. The zero-order valence-corrected chi connectivity index (χ0v) is 73.1. The highest BCUT2D eigenvalue weighted by molar-refractivity contribution is 7.47. The van der Waals surface area contributed by atoms with Crippen molar-refractivity contribution in [3.8, 4) is 0 Å². The maximum absolute atomic E-state index is 13.2. The van der Waals surface area contributed by atoms with Crippen molar-refractivity contribution in [2.75, 3.05) is 39.6 Å². The Hall–Kier alpha value is -1.94. The SMILES string of the molecule is CCCCCCCCCCCCCCC(=O)OC[C@H](COP(=O)(O)OC[C@H](O)COP(=O)(O)OC[C@@H](COC(=O)CCCCCCCCCCCCCCCCCCC(C)C)OC(=O)CCCCCCCCCCCCCCCCCCC(C)C)OC(=O)CCCCCCCCCCCCCCCCCC(C)C. The molecular weight excluding hydrogens is 1400 g/mol. The third-order valence-corrected chi connectivity index (χ3v) is 22.8. The molecule has 0 aromatic heterocycles. The highest BCUT2D eigenvalue weighted by atomic mass is 31.2. The summed E-state index contributed by atoms with van der Waals surface area (Å²) in [4.78, 5) is 73.4. The molecule has 0 saturated heterocycles. The molecule has 5 atom stereocenters. The number of carbonyl (C=O) groups excluding carboxylic acids is 4. The lowest BCUT2D eigenvalue weighted by Gasteiger charge is -2.21. The molecule has 0 aromatic rings. The Kier molecular flexibility index (Phi) is 77.5. The van der Waals surface area contributed by atoms with Crippen molar-refractivity contribution in [3.05, 3.63) is 0 Å². The summed E-state index contributed by atoms with van der Waals surface area (Å²) in [6.45, 7) is 12.1. The van der Waals surface area contributed by atoms with Gasteiger partial charge in [0.25, 0.3) is 0 Å². The molecule has 0 aromatic carbocycles. The van der Waals surface area contributed by atoms with Gasteiger partial charge in [-0.3, -0.25) is 37.3 Å². The minimum atomic E-state index is -4.97. The second-order valence-corrected chi connectivity index (χ2v) is 36.3. The Bertz CT molecular complexity index is 2080. The van der Waals surface area contributed by atoms with E-state index in [2.05, 4.69) is 48.5 Å². The fourth-order valence-electron chi connectivity index (χ4n) is 13.9. The maximum Gasteiger partial charge on any atom is 0.472 e. The van der Waals surface area contributed by atoms with Gasteiger partial charge in [0.05, 0.1) is 26.4 Å². The standard InChI is InChI=1S/C89H174O17P2/c1-8-9-10-11-12-13-14-35-42-49-56-63-70-86(91)99-76-84(105-89(94)73-66-59-52-45-38-31-25-19-22-28-34-41-48-55-62-69-82(6)7)78-103-107(95,96)101-74-83(90)75-102-108(97,98)104-79-85(106-88(93)72-65-58-51-44-37-30-24-18-16-21-27-33-40-47-54-61-68-81(4)5)77-100-87(92)71-64-57-50-43-36-29-23-17-15-20-26-32-39-46-53-60-67-80(2)3/h80-85,90H,8-79H2,1-7H3,(H,95,96)(H,97,98)/t83-,84+,85+/m0/s1. The molecule has 17 nitrogen and oxygen atoms in total. The molecule has 0 aliphatic heterocycles. The van der Waals surface area contributed by atoms with Crippen LogP contribution >= 0.6 is 15.6 Å². The van der Waals surface area contributed by atoms with Gasteiger partial charge >= 0.3 is 39.5 Å². The number of hydrogen-bond donors (Lipinski definition) is 3. The van der Waals surface area contributed by atoms with E-state index in [0.29, 0.717) is 25.7 Å². The number of aliphatic hydroxyl groups excluding tert-OH is 1. The second-order valence-electron chi connectivity index (χ2n) is 33.4. The summed E-state index contributed by atoms with van der Waals surface area (Å²) < 4.78 is 69.0. The Morgan fingerprint density at radius 3 is 0.630 bits per heavy atom. The average Bonchev–Trinajstić information content (AvgIpc) is 0.898. The summed E-state index contributed by atoms with van der Waals surface area (Å²) in [7, 11) is -9.93. The highest BCUT2D eigenvalue weighted by Crippen LogP contribution is 2.45. The van der Waals surface area contributed by atoms with Crippen LogP contribution in [0.25, 0.3) is 0 Å². The second kappa shape index (κ2) is 78.9. The van der Waals surface area contributed by atoms with Gasteiger partial charge < -0.3 is 33.8 Å². The predicted octanol–water partition coefficient (Wildman–Crippen LogP) is 27.3. The summed E-state index contributed by atoms with van der Waals surface area (Å²) in [5.41, 5.74) is 0. The zero-order chi connectivity index (χ0) is 79.3. The number of unbranched alkanes of at least 4 members (excludes halogenated alkanes) is 55. The van der Waals surface area contributed by atoms with Gasteiger partial charge in [-0.25, -0.2) is 9.13 Å². The molecule has 642 valence electrons. The van der Waals surface area contributed by atoms with Crippen molar-refractivity contribution in [3.63, 3.8) is 0 Å². The molecule has 0 aliphatic rings. The fourth-order valence-corrected chi connectivity index (χ4v) is 15.5. The van der Waals surface area contributed by atoms with Crippen LogP contribution in [0, 0.1) is 17.8 Å². The number of rotatable bonds is 87. The van der Waals surface area contributed by atoms with Gasteiger partial charge in [-0.1, -0.05) is 421 Å². The van der Waals surface area contributed by atoms with Crippen LogP contribution in [0.4, 0.5) is 0 Å². The summed E-state index contributed by atoms with van der Waals surface area (Å²) in [6.07, 6.45) is 70.7. The topological polar surface area (TPSA) is 237 Å². The van der Waals surface area contributed by atoms with Gasteiger partial charge in [0.15, 0.2) is 12.2 Å². The van der Waals surface area contributed by atoms with Crippen molar-refractivity contribution in [2.24, 2.45) is 17.8 Å². The first kappa shape index (κ1) is 106. The molecular formula is C89H174O17P2. The maximum atomic E-state index is 13.2. The highest BCUT2D eigenvalue weighted by Gasteiger charge is 2.31. The zero-order valence-electron chi connectivity index (χ0n) is 71.3. The summed E-state index contributed by atoms with van der Waals surface area (Å²) in [6, 6.07) is 0. The van der Waals surface area contributed by atoms with E-state index in [-0.39, 0.29) is 25.7 Å². The molecule has 19 heteroatoms. The van der Waals surface area contributed by atoms with Gasteiger partial charge in [-0.05, 0) is 43.4 Å². The molecule has 3 N–H and O–H groups in total. The van der Waals surface area contributed by atoms with E-state index < -0.39 is 97.5 Å². The largest absolute Gasteiger partial charge is 0.472 e. The van der Waals surface area contributed by atoms with Crippen LogP contribution in [0.2, 0.25) is 0 Å². The number of esters is 4. The van der Waals surface area contributed by atoms with Crippen molar-refractivity contribution < 1.29 is 80.2 Å². The van der Waals surface area contributed by atoms with Crippen molar-refractivity contribution in [1.82, 2.24) is 0 Å². The normalized spacial score (nSPS) is 13.8. The minimum Gasteiger partial charge on any atom is -0.462 e. The van der Waals surface area contributed by atoms with E-state index in [0.717, 1.165) is 108 Å². The number of aliphatic hydroxyl groups is 1. The number of ether oxygens (including phenoxy) is 4. The fraction of sp³-hybridized carbons (Fsp3) is 0.955. The predicted molar refractivity (Wildman–Crippen MR) is 446 cm³/mol. The molecule has 0 spiro atoms. The molecule has 0 bridgehead atoms. The van der Waals surface area contributed by atoms with Crippen LogP contribution in [0.3, 0.4) is 0 Å². The first-order chi connectivity index (χ1) is 52.2. The molecule has 0 heterocycles. The van der Waals surface area contributed by atoms with E-state index in [1.807, 2.05) is 0 Å². The van der Waals surface area contributed by atoms with Crippen LogP contribution in [-0.4, -0.2) is 96.7 Å². The molecule has 0 radical (unpaired) electrons. The smallest absolute Gasteiger partial charge is 0.462 e. The first-order valence-electron chi connectivity index (χ1n) is 45.8. The van der Waals surface area contributed by atoms with Gasteiger partial charge in [-0.2, -0.15) is 0 Å². The first-order valence-corrected chi connectivity index (χ1v) is 48.8. The van der Waals surface area contributed by atoms with Gasteiger partial charge in [-0.15, -0.1) is 0 Å². The van der Waals surface area contributed by atoms with Crippen LogP contribution in [0.15, 0.2) is 0 Å². The van der Waals surface area contributed by atoms with Crippen LogP contribution in [-0.2, 0) is 65.4 Å². The quantitative estimate of drug-likeness (QED) is 0.0222. The molecule has 0 amide bonds. The molecule has 0 rings (SSSR count). The molecule has 0 saturated carbocycles. The molecule has 0 fully saturated rings. The third kappa shape index (κ3) is 82.1. The van der Waals surface area contributed by atoms with Gasteiger partial charge in [0.1, 0.15) is 19.3 Å². The number of phosphoric acid groups is 2. The van der Waals surface area contributed by atoms with Gasteiger partial charge in [0.2, 0.25) is 0 Å². The Labute approximate surface area is 664 Å². The van der Waals surface area contributed by atoms with Gasteiger partial charge in [0, 0.05) is 25.7 Å². The lowest BCUT2D eigenvalue weighted by molar-refractivity contribution is -0.161. The van der Waals surface area contributed by atoms with E-state index in [4.69, 9.17) is 37.0 Å². The van der Waals surface area contributed by atoms with E-state index in [1.165, 1.54) is 283 Å².